The van der Waals surface area contributed by atoms with Gasteiger partial charge in [-0.2, -0.15) is 5.26 Å². The van der Waals surface area contributed by atoms with E-state index in [-0.39, 0.29) is 18.1 Å². The Kier molecular flexibility index (Phi) is 6.11. The Morgan fingerprint density at radius 1 is 1.25 bits per heavy atom. The summed E-state index contributed by atoms with van der Waals surface area (Å²) >= 11 is 0. The van der Waals surface area contributed by atoms with Crippen LogP contribution in [-0.2, 0) is 16.1 Å². The standard InChI is InChI=1S/C22H21N5O5/c1-31-18-5-2-13(10-14(18)12-28)17-4-3-15-19(24-17)25-20(16(11-23)22(29)30)26-21(15)27-6-8-32-9-7-27/h2-5,10,16,28H,6-9,12H2,1H3,(H,29,30). The van der Waals surface area contributed by atoms with E-state index >= 15 is 0 Å². The van der Waals surface area contributed by atoms with E-state index in [4.69, 9.17) is 9.47 Å². The van der Waals surface area contributed by atoms with Crippen molar-refractivity contribution in [3.8, 4) is 23.1 Å². The van der Waals surface area contributed by atoms with Crippen LogP contribution in [-0.4, -0.2) is 64.5 Å². The van der Waals surface area contributed by atoms with Crippen molar-refractivity contribution in [3.05, 3.63) is 41.7 Å². The topological polar surface area (TPSA) is 142 Å². The molecular weight excluding hydrogens is 414 g/mol. The van der Waals surface area contributed by atoms with Crippen molar-refractivity contribution in [2.45, 2.75) is 12.5 Å². The van der Waals surface area contributed by atoms with Gasteiger partial charge in [0.15, 0.2) is 11.5 Å². The molecule has 1 aliphatic heterocycles. The molecule has 1 aromatic carbocycles. The van der Waals surface area contributed by atoms with Crippen LogP contribution in [0.15, 0.2) is 30.3 Å². The Labute approximate surface area is 183 Å². The maximum atomic E-state index is 11.6. The molecule has 1 unspecified atom stereocenters. The molecule has 0 radical (unpaired) electrons. The highest BCUT2D eigenvalue weighted by Gasteiger charge is 2.26. The van der Waals surface area contributed by atoms with Crippen LogP contribution < -0.4 is 9.64 Å². The number of pyridine rings is 1. The van der Waals surface area contributed by atoms with Gasteiger partial charge in [0.2, 0.25) is 5.92 Å². The minimum atomic E-state index is -1.51. The molecule has 1 fully saturated rings. The van der Waals surface area contributed by atoms with Crippen LogP contribution in [0.25, 0.3) is 22.3 Å². The SMILES string of the molecule is COc1ccc(-c2ccc3c(N4CCOCC4)nc(C(C#N)C(=O)O)nc3n2)cc1CO. The number of carbonyl (C=O) groups is 1. The van der Waals surface area contributed by atoms with E-state index in [1.54, 1.807) is 18.2 Å². The van der Waals surface area contributed by atoms with Gasteiger partial charge >= 0.3 is 5.97 Å². The lowest BCUT2D eigenvalue weighted by molar-refractivity contribution is -0.137. The van der Waals surface area contributed by atoms with Crippen LogP contribution in [0.5, 0.6) is 5.75 Å². The zero-order valence-corrected chi connectivity index (χ0v) is 17.4. The number of benzene rings is 1. The van der Waals surface area contributed by atoms with Gasteiger partial charge in [-0.05, 0) is 30.3 Å². The number of morpholine rings is 1. The molecule has 0 saturated carbocycles. The second kappa shape index (κ2) is 9.13. The Bertz CT molecular complexity index is 1200. The summed E-state index contributed by atoms with van der Waals surface area (Å²) < 4.78 is 10.7. The number of hydrogen-bond donors (Lipinski definition) is 2. The second-order valence-corrected chi connectivity index (χ2v) is 7.16. The maximum absolute atomic E-state index is 11.6. The van der Waals surface area contributed by atoms with E-state index in [0.717, 1.165) is 5.56 Å². The highest BCUT2D eigenvalue weighted by atomic mass is 16.5. The summed E-state index contributed by atoms with van der Waals surface area (Å²) in [5.74, 6) is -1.84. The number of carboxylic acid groups (broad SMARTS) is 1. The largest absolute Gasteiger partial charge is 0.496 e. The van der Waals surface area contributed by atoms with Crippen molar-refractivity contribution in [2.75, 3.05) is 38.3 Å². The van der Waals surface area contributed by atoms with E-state index in [1.165, 1.54) is 7.11 Å². The Hall–Kier alpha value is -3.81. The summed E-state index contributed by atoms with van der Waals surface area (Å²) in [5.41, 5.74) is 2.22. The predicted octanol–water partition coefficient (Wildman–Crippen LogP) is 1.72. The number of hydrogen-bond acceptors (Lipinski definition) is 9. The van der Waals surface area contributed by atoms with E-state index in [9.17, 15) is 20.3 Å². The minimum Gasteiger partial charge on any atom is -0.496 e. The van der Waals surface area contributed by atoms with E-state index in [1.807, 2.05) is 23.1 Å². The Morgan fingerprint density at radius 2 is 2.03 bits per heavy atom. The first kappa shape index (κ1) is 21.4. The first-order chi connectivity index (χ1) is 15.5. The van der Waals surface area contributed by atoms with Gasteiger partial charge in [-0.3, -0.25) is 4.79 Å². The summed E-state index contributed by atoms with van der Waals surface area (Å²) in [4.78, 5) is 27.0. The lowest BCUT2D eigenvalue weighted by Gasteiger charge is -2.29. The highest BCUT2D eigenvalue weighted by molar-refractivity contribution is 5.90. The molecule has 4 rings (SSSR count). The van der Waals surface area contributed by atoms with Crippen LogP contribution in [0.4, 0.5) is 5.82 Å². The van der Waals surface area contributed by atoms with Gasteiger partial charge in [-0.15, -0.1) is 0 Å². The number of nitriles is 1. The zero-order chi connectivity index (χ0) is 22.7. The average Bonchev–Trinajstić information content (AvgIpc) is 2.83. The van der Waals surface area contributed by atoms with Crippen LogP contribution in [0, 0.1) is 11.3 Å². The van der Waals surface area contributed by atoms with Gasteiger partial charge < -0.3 is 24.6 Å². The summed E-state index contributed by atoms with van der Waals surface area (Å²) in [6, 6.07) is 10.7. The number of nitrogens with zero attached hydrogens (tertiary/aromatic N) is 5. The molecule has 0 aliphatic carbocycles. The van der Waals surface area contributed by atoms with Crippen molar-refractivity contribution in [2.24, 2.45) is 0 Å². The average molecular weight is 435 g/mol. The number of carboxylic acids is 1. The molecule has 0 bridgehead atoms. The van der Waals surface area contributed by atoms with Gasteiger partial charge in [-0.25, -0.2) is 15.0 Å². The van der Waals surface area contributed by atoms with Crippen molar-refractivity contribution in [1.82, 2.24) is 15.0 Å². The van der Waals surface area contributed by atoms with Gasteiger partial charge in [0, 0.05) is 24.2 Å². The van der Waals surface area contributed by atoms with Crippen molar-refractivity contribution in [1.29, 1.82) is 5.26 Å². The first-order valence-corrected chi connectivity index (χ1v) is 9.97. The van der Waals surface area contributed by atoms with Crippen molar-refractivity contribution in [3.63, 3.8) is 0 Å². The molecule has 2 N–H and O–H groups in total. The van der Waals surface area contributed by atoms with Crippen molar-refractivity contribution < 1.29 is 24.5 Å². The molecule has 0 amide bonds. The van der Waals surface area contributed by atoms with Gasteiger partial charge in [0.05, 0.1) is 44.1 Å². The second-order valence-electron chi connectivity index (χ2n) is 7.16. The molecule has 10 heteroatoms. The third-order valence-corrected chi connectivity index (χ3v) is 5.25. The molecule has 3 heterocycles. The molecule has 1 saturated heterocycles. The van der Waals surface area contributed by atoms with E-state index in [0.29, 0.717) is 54.5 Å². The Balaban J connectivity index is 1.87. The predicted molar refractivity (Wildman–Crippen MR) is 114 cm³/mol. The van der Waals surface area contributed by atoms with E-state index < -0.39 is 11.9 Å². The molecule has 32 heavy (non-hydrogen) atoms. The molecule has 3 aromatic rings. The normalized spacial score (nSPS) is 14.7. The lowest BCUT2D eigenvalue weighted by Crippen LogP contribution is -2.37. The van der Waals surface area contributed by atoms with Crippen LogP contribution in [0.3, 0.4) is 0 Å². The number of methoxy groups -OCH3 is 1. The number of aliphatic hydroxyl groups excluding tert-OH is 1. The number of ether oxygens (including phenoxy) is 2. The molecule has 164 valence electrons. The number of aromatic nitrogens is 3. The van der Waals surface area contributed by atoms with Crippen molar-refractivity contribution >= 4 is 22.8 Å². The van der Waals surface area contributed by atoms with Gasteiger partial charge in [-0.1, -0.05) is 0 Å². The third-order valence-electron chi connectivity index (χ3n) is 5.25. The third kappa shape index (κ3) is 4.03. The monoisotopic (exact) mass is 435 g/mol. The number of rotatable bonds is 6. The first-order valence-electron chi connectivity index (χ1n) is 9.97. The van der Waals surface area contributed by atoms with Gasteiger partial charge in [0.25, 0.3) is 0 Å². The van der Waals surface area contributed by atoms with E-state index in [2.05, 4.69) is 15.0 Å². The summed E-state index contributed by atoms with van der Waals surface area (Å²) in [6.07, 6.45) is 0. The number of fused-ring (bicyclic) bond motifs is 1. The summed E-state index contributed by atoms with van der Waals surface area (Å²) in [6.45, 7) is 2.00. The fourth-order valence-electron chi connectivity index (χ4n) is 3.60. The molecule has 10 nitrogen and oxygen atoms in total. The van der Waals surface area contributed by atoms with Crippen LogP contribution in [0.1, 0.15) is 17.3 Å². The van der Waals surface area contributed by atoms with Crippen LogP contribution >= 0.6 is 0 Å². The highest BCUT2D eigenvalue weighted by Crippen LogP contribution is 2.30. The quantitative estimate of drug-likeness (QED) is 0.588. The zero-order valence-electron chi connectivity index (χ0n) is 17.4. The fourth-order valence-corrected chi connectivity index (χ4v) is 3.60. The molecular formula is C22H21N5O5. The number of aliphatic carboxylic acids is 1. The van der Waals surface area contributed by atoms with Gasteiger partial charge in [0.1, 0.15) is 11.6 Å². The molecule has 1 aliphatic rings. The Morgan fingerprint density at radius 3 is 2.69 bits per heavy atom. The molecule has 2 aromatic heterocycles. The lowest BCUT2D eigenvalue weighted by atomic mass is 10.1. The maximum Gasteiger partial charge on any atom is 0.328 e. The molecule has 1 atom stereocenters. The summed E-state index contributed by atoms with van der Waals surface area (Å²) in [7, 11) is 1.53. The summed E-state index contributed by atoms with van der Waals surface area (Å²) in [5, 5.41) is 29.1. The number of anilines is 1. The van der Waals surface area contributed by atoms with Crippen LogP contribution in [0.2, 0.25) is 0 Å². The minimum absolute atomic E-state index is 0.107. The number of aliphatic hydroxyl groups is 1. The smallest absolute Gasteiger partial charge is 0.328 e. The molecule has 0 spiro atoms. The fraction of sp³-hybridized carbons (Fsp3) is 0.318.